The number of halogens is 1. The standard InChI is InChI=1S/C17H18ClN3O3S2/c1-21(26(23,24)13-3-2-7-19-10-13)11-17(22)20-15-6-8-25-16-5-4-12(18)9-14(15)16/h2-5,7,9-10,15H,6,8,11H2,1H3,(H,20,22). The van der Waals surface area contributed by atoms with Crippen LogP contribution < -0.4 is 5.32 Å². The number of pyridine rings is 1. The number of nitrogens with one attached hydrogen (secondary N) is 1. The first-order valence-electron chi connectivity index (χ1n) is 7.96. The Balaban J connectivity index is 1.69. The number of nitrogens with zero attached hydrogens (tertiary/aromatic N) is 2. The van der Waals surface area contributed by atoms with Gasteiger partial charge in [-0.05, 0) is 42.3 Å². The lowest BCUT2D eigenvalue weighted by Crippen LogP contribution is -2.40. The van der Waals surface area contributed by atoms with Crippen LogP contribution in [0.3, 0.4) is 0 Å². The highest BCUT2D eigenvalue weighted by Crippen LogP contribution is 2.37. The van der Waals surface area contributed by atoms with E-state index in [-0.39, 0.29) is 23.4 Å². The third-order valence-electron chi connectivity index (χ3n) is 4.06. The molecule has 1 aliphatic rings. The molecule has 0 spiro atoms. The van der Waals surface area contributed by atoms with Crippen LogP contribution in [0.25, 0.3) is 0 Å². The number of hydrogen-bond donors (Lipinski definition) is 1. The molecule has 2 heterocycles. The second-order valence-electron chi connectivity index (χ2n) is 5.89. The molecule has 9 heteroatoms. The first kappa shape index (κ1) is 19.2. The Hall–Kier alpha value is -1.61. The molecule has 0 bridgehead atoms. The molecule has 1 amide bonds. The largest absolute Gasteiger partial charge is 0.348 e. The van der Waals surface area contributed by atoms with Gasteiger partial charge in [-0.15, -0.1) is 11.8 Å². The van der Waals surface area contributed by atoms with Crippen molar-refractivity contribution >= 4 is 39.3 Å². The van der Waals surface area contributed by atoms with E-state index in [1.807, 2.05) is 18.2 Å². The van der Waals surface area contributed by atoms with Crippen molar-refractivity contribution in [3.8, 4) is 0 Å². The van der Waals surface area contributed by atoms with Crippen molar-refractivity contribution in [2.45, 2.75) is 22.3 Å². The Bertz CT molecular complexity index is 907. The van der Waals surface area contributed by atoms with Gasteiger partial charge in [0.15, 0.2) is 0 Å². The number of carbonyl (C=O) groups is 1. The number of sulfonamides is 1. The summed E-state index contributed by atoms with van der Waals surface area (Å²) in [6, 6.07) is 8.44. The van der Waals surface area contributed by atoms with Gasteiger partial charge in [0, 0.05) is 35.1 Å². The number of thioether (sulfide) groups is 1. The van der Waals surface area contributed by atoms with Gasteiger partial charge in [-0.2, -0.15) is 4.31 Å². The zero-order valence-electron chi connectivity index (χ0n) is 14.1. The van der Waals surface area contributed by atoms with Crippen LogP contribution >= 0.6 is 23.4 Å². The predicted molar refractivity (Wildman–Crippen MR) is 102 cm³/mol. The fourth-order valence-corrected chi connectivity index (χ4v) is 5.10. The summed E-state index contributed by atoms with van der Waals surface area (Å²) in [5, 5.41) is 3.54. The lowest BCUT2D eigenvalue weighted by Gasteiger charge is -2.27. The molecule has 0 saturated heterocycles. The monoisotopic (exact) mass is 411 g/mol. The van der Waals surface area contributed by atoms with Crippen molar-refractivity contribution in [2.24, 2.45) is 0 Å². The molecule has 3 rings (SSSR count). The zero-order valence-corrected chi connectivity index (χ0v) is 16.4. The summed E-state index contributed by atoms with van der Waals surface area (Å²) in [6.45, 7) is -0.267. The number of hydrogen-bond acceptors (Lipinski definition) is 5. The number of benzene rings is 1. The molecule has 1 atom stereocenters. The molecule has 6 nitrogen and oxygen atoms in total. The van der Waals surface area contributed by atoms with Crippen LogP contribution in [0.15, 0.2) is 52.5 Å². The second kappa shape index (κ2) is 7.96. The molecule has 0 fully saturated rings. The number of rotatable bonds is 5. The molecule has 0 radical (unpaired) electrons. The van der Waals surface area contributed by atoms with Crippen LogP contribution in [0.5, 0.6) is 0 Å². The fourth-order valence-electron chi connectivity index (χ4n) is 2.72. The number of aromatic nitrogens is 1. The van der Waals surface area contributed by atoms with Crippen molar-refractivity contribution in [3.05, 3.63) is 53.3 Å². The molecule has 1 unspecified atom stereocenters. The molecule has 1 aliphatic heterocycles. The SMILES string of the molecule is CN(CC(=O)NC1CCSc2ccc(Cl)cc21)S(=O)(=O)c1cccnc1. The molecule has 138 valence electrons. The molecule has 0 saturated carbocycles. The normalized spacial score (nSPS) is 17.0. The summed E-state index contributed by atoms with van der Waals surface area (Å²) in [5.74, 6) is 0.520. The third-order valence-corrected chi connectivity index (χ3v) is 7.20. The van der Waals surface area contributed by atoms with E-state index in [1.165, 1.54) is 25.5 Å². The summed E-state index contributed by atoms with van der Waals surface area (Å²) in [5.41, 5.74) is 0.972. The summed E-state index contributed by atoms with van der Waals surface area (Å²) >= 11 is 7.80. The zero-order chi connectivity index (χ0) is 18.7. The van der Waals surface area contributed by atoms with E-state index >= 15 is 0 Å². The summed E-state index contributed by atoms with van der Waals surface area (Å²) in [6.07, 6.45) is 3.53. The highest BCUT2D eigenvalue weighted by Gasteiger charge is 2.26. The fraction of sp³-hybridized carbons (Fsp3) is 0.294. The Kier molecular flexibility index (Phi) is 5.86. The van der Waals surface area contributed by atoms with Crippen molar-refractivity contribution in [1.82, 2.24) is 14.6 Å². The summed E-state index contributed by atoms with van der Waals surface area (Å²) < 4.78 is 26.0. The molecule has 1 N–H and O–H groups in total. The van der Waals surface area contributed by atoms with Gasteiger partial charge in [0.25, 0.3) is 0 Å². The van der Waals surface area contributed by atoms with Crippen LogP contribution in [-0.2, 0) is 14.8 Å². The van der Waals surface area contributed by atoms with Crippen LogP contribution in [0.2, 0.25) is 5.02 Å². The van der Waals surface area contributed by atoms with Crippen LogP contribution in [0.1, 0.15) is 18.0 Å². The quantitative estimate of drug-likeness (QED) is 0.818. The molecule has 1 aromatic carbocycles. The smallest absolute Gasteiger partial charge is 0.244 e. The van der Waals surface area contributed by atoms with Crippen molar-refractivity contribution in [3.63, 3.8) is 0 Å². The number of likely N-dealkylation sites (N-methyl/N-ethyl adjacent to an activating group) is 1. The first-order chi connectivity index (χ1) is 12.4. The molecular formula is C17H18ClN3O3S2. The predicted octanol–water partition coefficient (Wildman–Crippen LogP) is 2.71. The van der Waals surface area contributed by atoms with Gasteiger partial charge >= 0.3 is 0 Å². The van der Waals surface area contributed by atoms with E-state index in [0.29, 0.717) is 5.02 Å². The number of fused-ring (bicyclic) bond motifs is 1. The molecule has 0 aliphatic carbocycles. The topological polar surface area (TPSA) is 79.4 Å². The van der Waals surface area contributed by atoms with Gasteiger partial charge in [0.1, 0.15) is 4.90 Å². The summed E-state index contributed by atoms with van der Waals surface area (Å²) in [4.78, 5) is 17.4. The lowest BCUT2D eigenvalue weighted by atomic mass is 10.0. The Labute approximate surface area is 162 Å². The van der Waals surface area contributed by atoms with Gasteiger partial charge in [-0.1, -0.05) is 11.6 Å². The average molecular weight is 412 g/mol. The van der Waals surface area contributed by atoms with Crippen molar-refractivity contribution in [2.75, 3.05) is 19.3 Å². The van der Waals surface area contributed by atoms with Crippen LogP contribution in [0, 0.1) is 0 Å². The van der Waals surface area contributed by atoms with E-state index in [0.717, 1.165) is 26.9 Å². The minimum absolute atomic E-state index is 0.0569. The van der Waals surface area contributed by atoms with Gasteiger partial charge in [-0.3, -0.25) is 9.78 Å². The van der Waals surface area contributed by atoms with E-state index in [1.54, 1.807) is 17.8 Å². The Morgan fingerprint density at radius 2 is 2.23 bits per heavy atom. The minimum atomic E-state index is -3.76. The van der Waals surface area contributed by atoms with Crippen LogP contribution in [0.4, 0.5) is 0 Å². The molecule has 2 aromatic rings. The highest BCUT2D eigenvalue weighted by molar-refractivity contribution is 7.99. The minimum Gasteiger partial charge on any atom is -0.348 e. The van der Waals surface area contributed by atoms with Gasteiger partial charge in [0.2, 0.25) is 15.9 Å². The van der Waals surface area contributed by atoms with Gasteiger partial charge < -0.3 is 5.32 Å². The maximum absolute atomic E-state index is 12.5. The Morgan fingerprint density at radius 3 is 2.96 bits per heavy atom. The van der Waals surface area contributed by atoms with Gasteiger partial charge in [-0.25, -0.2) is 8.42 Å². The van der Waals surface area contributed by atoms with E-state index < -0.39 is 10.0 Å². The maximum atomic E-state index is 12.5. The first-order valence-corrected chi connectivity index (χ1v) is 10.8. The van der Waals surface area contributed by atoms with Crippen molar-refractivity contribution in [1.29, 1.82) is 0 Å². The third kappa shape index (κ3) is 4.20. The maximum Gasteiger partial charge on any atom is 0.244 e. The van der Waals surface area contributed by atoms with Crippen molar-refractivity contribution < 1.29 is 13.2 Å². The number of carbonyl (C=O) groups excluding carboxylic acids is 1. The Morgan fingerprint density at radius 1 is 1.42 bits per heavy atom. The summed E-state index contributed by atoms with van der Waals surface area (Å²) in [7, 11) is -2.38. The molecular weight excluding hydrogens is 394 g/mol. The highest BCUT2D eigenvalue weighted by atomic mass is 35.5. The van der Waals surface area contributed by atoms with Gasteiger partial charge in [0.05, 0.1) is 12.6 Å². The van der Waals surface area contributed by atoms with E-state index in [9.17, 15) is 13.2 Å². The van der Waals surface area contributed by atoms with Crippen LogP contribution in [-0.4, -0.2) is 43.0 Å². The van der Waals surface area contributed by atoms with E-state index in [4.69, 9.17) is 11.6 Å². The lowest BCUT2D eigenvalue weighted by molar-refractivity contribution is -0.121. The van der Waals surface area contributed by atoms with E-state index in [2.05, 4.69) is 10.3 Å². The average Bonchev–Trinajstić information content (AvgIpc) is 2.63. The molecule has 1 aromatic heterocycles. The second-order valence-corrected chi connectivity index (χ2v) is 9.51. The number of amides is 1. The molecule has 26 heavy (non-hydrogen) atoms.